The molecule has 2 atom stereocenters. The fraction of sp³-hybridized carbons (Fsp3) is 1.00. The van der Waals surface area contributed by atoms with E-state index in [-0.39, 0.29) is 5.88 Å². The first-order chi connectivity index (χ1) is 4.04. The van der Waals surface area contributed by atoms with Gasteiger partial charge in [-0.1, -0.05) is 0 Å². The zero-order chi connectivity index (χ0) is 7.44. The molecular formula is C4H10NO3S-. The van der Waals surface area contributed by atoms with Gasteiger partial charge in [0.2, 0.25) is 0 Å². The Labute approximate surface area is 56.8 Å². The van der Waals surface area contributed by atoms with Gasteiger partial charge in [-0.2, -0.15) is 0 Å². The fourth-order valence-electron chi connectivity index (χ4n) is 0.274. The summed E-state index contributed by atoms with van der Waals surface area (Å²) in [5.74, 6) is -0.127. The number of nitrogens with zero attached hydrogens (tertiary/aromatic N) is 1. The lowest BCUT2D eigenvalue weighted by Gasteiger charge is -2.20. The lowest BCUT2D eigenvalue weighted by molar-refractivity contribution is 0.0512. The first-order valence-electron chi connectivity index (χ1n) is 2.48. The standard InChI is InChI=1S/C4H11NO3S/c1-4(6)5(2)3-9(7)8/h4,6H,3H2,1-2H3,(H,7,8)/p-1. The van der Waals surface area contributed by atoms with Gasteiger partial charge in [0.05, 0.1) is 5.88 Å². The molecule has 0 heterocycles. The Morgan fingerprint density at radius 3 is 2.44 bits per heavy atom. The Morgan fingerprint density at radius 2 is 2.33 bits per heavy atom. The molecule has 1 N–H and O–H groups in total. The van der Waals surface area contributed by atoms with E-state index in [0.717, 1.165) is 0 Å². The molecule has 0 aromatic carbocycles. The van der Waals surface area contributed by atoms with Crippen LogP contribution >= 0.6 is 0 Å². The Kier molecular flexibility index (Phi) is 3.96. The summed E-state index contributed by atoms with van der Waals surface area (Å²) in [4.78, 5) is 1.31. The minimum atomic E-state index is -2.10. The van der Waals surface area contributed by atoms with Gasteiger partial charge in [-0.15, -0.1) is 0 Å². The van der Waals surface area contributed by atoms with Crippen molar-refractivity contribution in [3.63, 3.8) is 0 Å². The summed E-state index contributed by atoms with van der Waals surface area (Å²) < 4.78 is 19.9. The summed E-state index contributed by atoms with van der Waals surface area (Å²) >= 11 is -2.10. The first-order valence-corrected chi connectivity index (χ1v) is 3.72. The van der Waals surface area contributed by atoms with Gasteiger partial charge in [0.25, 0.3) is 0 Å². The number of hydrogen-bond acceptors (Lipinski definition) is 4. The highest BCUT2D eigenvalue weighted by molar-refractivity contribution is 7.79. The van der Waals surface area contributed by atoms with Gasteiger partial charge < -0.3 is 9.66 Å². The predicted octanol–water partition coefficient (Wildman–Crippen LogP) is -0.907. The highest BCUT2D eigenvalue weighted by Crippen LogP contribution is 1.89. The van der Waals surface area contributed by atoms with Crippen molar-refractivity contribution in [3.8, 4) is 0 Å². The van der Waals surface area contributed by atoms with Crippen molar-refractivity contribution in [3.05, 3.63) is 0 Å². The molecule has 2 unspecified atom stereocenters. The second-order valence-electron chi connectivity index (χ2n) is 1.82. The molecule has 0 saturated heterocycles. The van der Waals surface area contributed by atoms with E-state index in [1.807, 2.05) is 0 Å². The smallest absolute Gasteiger partial charge is 0.105 e. The van der Waals surface area contributed by atoms with Crippen molar-refractivity contribution in [1.29, 1.82) is 0 Å². The Balaban J connectivity index is 3.50. The summed E-state index contributed by atoms with van der Waals surface area (Å²) in [6.07, 6.45) is -0.706. The maximum atomic E-state index is 9.96. The summed E-state index contributed by atoms with van der Waals surface area (Å²) in [5.41, 5.74) is 0. The third-order valence-electron chi connectivity index (χ3n) is 0.947. The molecule has 5 heteroatoms. The Bertz CT molecular complexity index is 106. The van der Waals surface area contributed by atoms with Crippen molar-refractivity contribution in [2.24, 2.45) is 0 Å². The molecule has 0 aromatic heterocycles. The van der Waals surface area contributed by atoms with Crippen molar-refractivity contribution in [2.75, 3.05) is 12.9 Å². The van der Waals surface area contributed by atoms with E-state index in [1.165, 1.54) is 18.9 Å². The highest BCUT2D eigenvalue weighted by Gasteiger charge is 2.02. The second kappa shape index (κ2) is 3.94. The Morgan fingerprint density at radius 1 is 1.89 bits per heavy atom. The molecule has 0 fully saturated rings. The maximum Gasteiger partial charge on any atom is 0.105 e. The largest absolute Gasteiger partial charge is 0.771 e. The molecule has 56 valence electrons. The molecule has 0 rings (SSSR count). The van der Waals surface area contributed by atoms with Crippen LogP contribution in [0.4, 0.5) is 0 Å². The van der Waals surface area contributed by atoms with Gasteiger partial charge in [-0.25, -0.2) is 0 Å². The van der Waals surface area contributed by atoms with E-state index in [0.29, 0.717) is 0 Å². The van der Waals surface area contributed by atoms with Crippen LogP contribution in [0.5, 0.6) is 0 Å². The van der Waals surface area contributed by atoms with Crippen molar-refractivity contribution in [2.45, 2.75) is 13.2 Å². The molecule has 0 aromatic rings. The molecule has 0 bridgehead atoms. The molecule has 0 aliphatic carbocycles. The summed E-state index contributed by atoms with van der Waals surface area (Å²) in [6.45, 7) is 1.51. The van der Waals surface area contributed by atoms with Crippen LogP contribution in [0.25, 0.3) is 0 Å². The lowest BCUT2D eigenvalue weighted by Crippen LogP contribution is -2.31. The highest BCUT2D eigenvalue weighted by atomic mass is 32.2. The van der Waals surface area contributed by atoms with Crippen LogP contribution in [0.2, 0.25) is 0 Å². The topological polar surface area (TPSA) is 63.6 Å². The van der Waals surface area contributed by atoms with E-state index < -0.39 is 17.3 Å². The van der Waals surface area contributed by atoms with Crippen molar-refractivity contribution in [1.82, 2.24) is 4.90 Å². The van der Waals surface area contributed by atoms with Crippen LogP contribution in [0.1, 0.15) is 6.92 Å². The molecule has 0 radical (unpaired) electrons. The van der Waals surface area contributed by atoms with Crippen LogP contribution in [0.3, 0.4) is 0 Å². The molecule has 9 heavy (non-hydrogen) atoms. The van der Waals surface area contributed by atoms with E-state index in [4.69, 9.17) is 5.11 Å². The van der Waals surface area contributed by atoms with Gasteiger partial charge in [-0.05, 0) is 25.1 Å². The normalized spacial score (nSPS) is 17.9. The minimum Gasteiger partial charge on any atom is -0.771 e. The van der Waals surface area contributed by atoms with E-state index >= 15 is 0 Å². The third kappa shape index (κ3) is 4.53. The van der Waals surface area contributed by atoms with Crippen molar-refractivity contribution < 1.29 is 13.9 Å². The molecular weight excluding hydrogens is 142 g/mol. The van der Waals surface area contributed by atoms with E-state index in [1.54, 1.807) is 0 Å². The molecule has 4 nitrogen and oxygen atoms in total. The molecule has 0 aliphatic rings. The fourth-order valence-corrected chi connectivity index (χ4v) is 0.822. The van der Waals surface area contributed by atoms with Gasteiger partial charge in [0.1, 0.15) is 6.23 Å². The monoisotopic (exact) mass is 152 g/mol. The number of hydrogen-bond donors (Lipinski definition) is 1. The van der Waals surface area contributed by atoms with Crippen molar-refractivity contribution >= 4 is 11.1 Å². The third-order valence-corrected chi connectivity index (χ3v) is 1.57. The van der Waals surface area contributed by atoms with Crippen LogP contribution in [0.15, 0.2) is 0 Å². The van der Waals surface area contributed by atoms with Gasteiger partial charge in [0, 0.05) is 0 Å². The molecule has 0 amide bonds. The average molecular weight is 152 g/mol. The quantitative estimate of drug-likeness (QED) is 0.420. The van der Waals surface area contributed by atoms with Gasteiger partial charge in [0.15, 0.2) is 0 Å². The predicted molar refractivity (Wildman–Crippen MR) is 33.2 cm³/mol. The first kappa shape index (κ1) is 9.03. The number of rotatable bonds is 3. The van der Waals surface area contributed by atoms with E-state index in [9.17, 15) is 8.76 Å². The maximum absolute atomic E-state index is 9.96. The molecule has 0 spiro atoms. The zero-order valence-electron chi connectivity index (χ0n) is 5.40. The zero-order valence-corrected chi connectivity index (χ0v) is 6.22. The van der Waals surface area contributed by atoms with Crippen LogP contribution in [0, 0.1) is 0 Å². The lowest BCUT2D eigenvalue weighted by atomic mass is 10.6. The molecule has 0 saturated carbocycles. The van der Waals surface area contributed by atoms with Crippen LogP contribution in [-0.2, 0) is 11.1 Å². The number of aliphatic hydroxyl groups is 1. The summed E-state index contributed by atoms with van der Waals surface area (Å²) in [7, 11) is 1.53. The Hall–Kier alpha value is 0.0300. The summed E-state index contributed by atoms with van der Waals surface area (Å²) in [6, 6.07) is 0. The number of aliphatic hydroxyl groups excluding tert-OH is 1. The SMILES string of the molecule is CC(O)N(C)CS(=O)[O-]. The summed E-state index contributed by atoms with van der Waals surface area (Å²) in [5, 5.41) is 8.72. The van der Waals surface area contributed by atoms with Gasteiger partial charge >= 0.3 is 0 Å². The second-order valence-corrected chi connectivity index (χ2v) is 2.69. The molecule has 0 aliphatic heterocycles. The average Bonchev–Trinajstić information content (AvgIpc) is 1.63. The minimum absolute atomic E-state index is 0.127. The van der Waals surface area contributed by atoms with Gasteiger partial charge in [-0.3, -0.25) is 9.11 Å². The van der Waals surface area contributed by atoms with Crippen LogP contribution in [-0.4, -0.2) is 37.9 Å². The van der Waals surface area contributed by atoms with Crippen LogP contribution < -0.4 is 0 Å². The van der Waals surface area contributed by atoms with E-state index in [2.05, 4.69) is 0 Å².